The zero-order valence-corrected chi connectivity index (χ0v) is 7.18. The molecule has 64 valence electrons. The van der Waals surface area contributed by atoms with Crippen LogP contribution >= 0.6 is 11.6 Å². The van der Waals surface area contributed by atoms with Crippen molar-refractivity contribution in [2.45, 2.75) is 0 Å². The van der Waals surface area contributed by atoms with Gasteiger partial charge in [0.2, 0.25) is 0 Å². The minimum absolute atomic E-state index is 0.318. The summed E-state index contributed by atoms with van der Waals surface area (Å²) < 4.78 is 0. The van der Waals surface area contributed by atoms with Gasteiger partial charge in [0.15, 0.2) is 5.82 Å². The van der Waals surface area contributed by atoms with Crippen molar-refractivity contribution in [1.29, 1.82) is 0 Å². The van der Waals surface area contributed by atoms with Crippen molar-refractivity contribution in [2.24, 2.45) is 0 Å². The summed E-state index contributed by atoms with van der Waals surface area (Å²) in [6.45, 7) is 0. The molecule has 2 rings (SSSR count). The van der Waals surface area contributed by atoms with Crippen LogP contribution in [0.15, 0.2) is 25.0 Å². The molecule has 0 aliphatic carbocycles. The molecule has 2 heterocycles. The van der Waals surface area contributed by atoms with Gasteiger partial charge in [-0.15, -0.1) is 0 Å². The molecule has 0 saturated carbocycles. The van der Waals surface area contributed by atoms with E-state index in [1.54, 1.807) is 6.20 Å². The summed E-state index contributed by atoms with van der Waals surface area (Å²) in [5.41, 5.74) is 0.537. The molecule has 0 aliphatic heterocycles. The van der Waals surface area contributed by atoms with Crippen LogP contribution in [-0.2, 0) is 0 Å². The topological polar surface area (TPSA) is 64.5 Å². The Hall–Kier alpha value is -1.62. The molecule has 0 saturated heterocycles. The molecule has 0 bridgehead atoms. The van der Waals surface area contributed by atoms with Crippen molar-refractivity contribution in [1.82, 2.24) is 24.9 Å². The van der Waals surface area contributed by atoms with Crippen LogP contribution in [0.25, 0.3) is 11.5 Å². The minimum Gasteiger partial charge on any atom is -0.259 e. The fraction of sp³-hybridized carbons (Fsp3) is 0. The van der Waals surface area contributed by atoms with Crippen molar-refractivity contribution < 1.29 is 0 Å². The smallest absolute Gasteiger partial charge is 0.182 e. The number of nitrogens with zero attached hydrogens (tertiary/aromatic N) is 5. The van der Waals surface area contributed by atoms with E-state index < -0.39 is 0 Å². The SMILES string of the molecule is Clc1cncc(-c2ncncn2)n1. The van der Waals surface area contributed by atoms with Crippen LogP contribution in [0.3, 0.4) is 0 Å². The quantitative estimate of drug-likeness (QED) is 0.676. The molecule has 0 atom stereocenters. The van der Waals surface area contributed by atoms with Crippen LogP contribution in [0, 0.1) is 0 Å². The molecule has 0 aliphatic rings. The highest BCUT2D eigenvalue weighted by Gasteiger charge is 2.02. The number of hydrogen-bond donors (Lipinski definition) is 0. The van der Waals surface area contributed by atoms with Gasteiger partial charge in [-0.2, -0.15) is 0 Å². The van der Waals surface area contributed by atoms with Crippen molar-refractivity contribution in [3.05, 3.63) is 30.2 Å². The van der Waals surface area contributed by atoms with E-state index in [4.69, 9.17) is 11.6 Å². The summed E-state index contributed by atoms with van der Waals surface area (Å²) in [5, 5.41) is 0.318. The molecule has 5 nitrogen and oxygen atoms in total. The van der Waals surface area contributed by atoms with Crippen LogP contribution in [0.4, 0.5) is 0 Å². The molecule has 0 radical (unpaired) electrons. The molecular weight excluding hydrogens is 190 g/mol. The molecule has 0 amide bonds. The molecule has 0 aromatic carbocycles. The minimum atomic E-state index is 0.318. The lowest BCUT2D eigenvalue weighted by molar-refractivity contribution is 1.03. The number of rotatable bonds is 1. The summed E-state index contributed by atoms with van der Waals surface area (Å²) in [7, 11) is 0. The second kappa shape index (κ2) is 3.40. The van der Waals surface area contributed by atoms with Gasteiger partial charge in [0.1, 0.15) is 23.5 Å². The summed E-state index contributed by atoms with van der Waals surface area (Å²) in [6.07, 6.45) is 5.78. The molecular formula is C7H4ClN5. The average Bonchev–Trinajstić information content (AvgIpc) is 2.19. The predicted octanol–water partition coefficient (Wildman–Crippen LogP) is 0.982. The molecule has 13 heavy (non-hydrogen) atoms. The van der Waals surface area contributed by atoms with Gasteiger partial charge in [-0.3, -0.25) is 4.98 Å². The standard InChI is InChI=1S/C7H4ClN5/c8-6-2-9-1-5(13-6)7-11-3-10-4-12-7/h1-4H. The Morgan fingerprint density at radius 1 is 1.00 bits per heavy atom. The third-order valence-electron chi connectivity index (χ3n) is 1.33. The fourth-order valence-electron chi connectivity index (χ4n) is 0.821. The first-order valence-electron chi connectivity index (χ1n) is 3.46. The Kier molecular flexibility index (Phi) is 2.09. The van der Waals surface area contributed by atoms with Gasteiger partial charge in [-0.1, -0.05) is 11.6 Å². The van der Waals surface area contributed by atoms with E-state index in [-0.39, 0.29) is 0 Å². The Morgan fingerprint density at radius 3 is 2.46 bits per heavy atom. The largest absolute Gasteiger partial charge is 0.259 e. The Bertz CT molecular complexity index is 405. The number of halogens is 1. The molecule has 0 N–H and O–H groups in total. The normalized spacial score (nSPS) is 9.92. The molecule has 6 heteroatoms. The lowest BCUT2D eigenvalue weighted by Crippen LogP contribution is -1.92. The first-order valence-corrected chi connectivity index (χ1v) is 3.84. The summed E-state index contributed by atoms with van der Waals surface area (Å²) in [5.74, 6) is 0.463. The van der Waals surface area contributed by atoms with Crippen LogP contribution in [-0.4, -0.2) is 24.9 Å². The first-order chi connectivity index (χ1) is 6.36. The van der Waals surface area contributed by atoms with Crippen molar-refractivity contribution >= 4 is 11.6 Å². The lowest BCUT2D eigenvalue weighted by atomic mass is 10.4. The summed E-state index contributed by atoms with van der Waals surface area (Å²) >= 11 is 5.65. The van der Waals surface area contributed by atoms with Gasteiger partial charge >= 0.3 is 0 Å². The fourth-order valence-corrected chi connectivity index (χ4v) is 0.969. The van der Waals surface area contributed by atoms with Crippen LogP contribution in [0.2, 0.25) is 5.15 Å². The monoisotopic (exact) mass is 193 g/mol. The zero-order chi connectivity index (χ0) is 9.10. The molecule has 2 aromatic heterocycles. The Labute approximate surface area is 78.9 Å². The maximum atomic E-state index is 5.65. The third kappa shape index (κ3) is 1.75. The van der Waals surface area contributed by atoms with E-state index in [1.807, 2.05) is 0 Å². The van der Waals surface area contributed by atoms with Crippen molar-refractivity contribution in [3.8, 4) is 11.5 Å². The number of aromatic nitrogens is 5. The Morgan fingerprint density at radius 2 is 1.77 bits per heavy atom. The zero-order valence-electron chi connectivity index (χ0n) is 6.42. The van der Waals surface area contributed by atoms with Gasteiger partial charge in [0.05, 0.1) is 12.4 Å². The highest BCUT2D eigenvalue weighted by molar-refractivity contribution is 6.29. The Balaban J connectivity index is 2.48. The highest BCUT2D eigenvalue weighted by Crippen LogP contribution is 2.10. The molecule has 2 aromatic rings. The summed E-state index contributed by atoms with van der Waals surface area (Å²) in [6, 6.07) is 0. The second-order valence-corrected chi connectivity index (χ2v) is 2.58. The average molecular weight is 194 g/mol. The maximum absolute atomic E-state index is 5.65. The van der Waals surface area contributed by atoms with E-state index in [0.29, 0.717) is 16.7 Å². The maximum Gasteiger partial charge on any atom is 0.182 e. The van der Waals surface area contributed by atoms with Gasteiger partial charge < -0.3 is 0 Å². The predicted molar refractivity (Wildman–Crippen MR) is 45.9 cm³/mol. The van der Waals surface area contributed by atoms with E-state index in [0.717, 1.165) is 0 Å². The molecule has 0 fully saturated rings. The van der Waals surface area contributed by atoms with E-state index >= 15 is 0 Å². The molecule has 0 spiro atoms. The van der Waals surface area contributed by atoms with Gasteiger partial charge in [0.25, 0.3) is 0 Å². The van der Waals surface area contributed by atoms with Crippen molar-refractivity contribution in [2.75, 3.05) is 0 Å². The van der Waals surface area contributed by atoms with Crippen LogP contribution < -0.4 is 0 Å². The second-order valence-electron chi connectivity index (χ2n) is 2.19. The molecule has 0 unspecified atom stereocenters. The highest BCUT2D eigenvalue weighted by atomic mass is 35.5. The first kappa shape index (κ1) is 8.00. The van der Waals surface area contributed by atoms with E-state index in [9.17, 15) is 0 Å². The van der Waals surface area contributed by atoms with Crippen LogP contribution in [0.1, 0.15) is 0 Å². The van der Waals surface area contributed by atoms with Gasteiger partial charge in [-0.05, 0) is 0 Å². The van der Waals surface area contributed by atoms with Gasteiger partial charge in [0, 0.05) is 0 Å². The van der Waals surface area contributed by atoms with E-state index in [1.165, 1.54) is 18.9 Å². The number of hydrogen-bond acceptors (Lipinski definition) is 5. The third-order valence-corrected chi connectivity index (χ3v) is 1.51. The van der Waals surface area contributed by atoms with Gasteiger partial charge in [-0.25, -0.2) is 19.9 Å². The van der Waals surface area contributed by atoms with E-state index in [2.05, 4.69) is 24.9 Å². The lowest BCUT2D eigenvalue weighted by Gasteiger charge is -1.96. The summed E-state index contributed by atoms with van der Waals surface area (Å²) in [4.78, 5) is 19.4. The van der Waals surface area contributed by atoms with Crippen LogP contribution in [0.5, 0.6) is 0 Å². The van der Waals surface area contributed by atoms with Crippen molar-refractivity contribution in [3.63, 3.8) is 0 Å².